The van der Waals surface area contributed by atoms with E-state index >= 15 is 0 Å². The number of halogens is 1. The molecule has 1 heterocycles. The predicted molar refractivity (Wildman–Crippen MR) is 102 cm³/mol. The first-order valence-electron chi connectivity index (χ1n) is 8.83. The molecule has 3 rings (SSSR count). The van der Waals surface area contributed by atoms with Gasteiger partial charge in [-0.25, -0.2) is 9.18 Å². The average molecular weight is 384 g/mol. The van der Waals surface area contributed by atoms with Gasteiger partial charge < -0.3 is 19.8 Å². The van der Waals surface area contributed by atoms with Crippen LogP contribution in [0.1, 0.15) is 12.5 Å². The first-order valence-corrected chi connectivity index (χ1v) is 8.83. The minimum absolute atomic E-state index is 0.197. The summed E-state index contributed by atoms with van der Waals surface area (Å²) in [5.41, 5.74) is 1.38. The molecule has 0 aliphatic carbocycles. The van der Waals surface area contributed by atoms with Gasteiger partial charge in [-0.15, -0.1) is 0 Å². The molecule has 0 spiro atoms. The molecule has 6 nitrogen and oxygen atoms in total. The van der Waals surface area contributed by atoms with Crippen LogP contribution < -0.4 is 10.1 Å². The fourth-order valence-corrected chi connectivity index (χ4v) is 2.93. The Hall–Kier alpha value is -3.35. The van der Waals surface area contributed by atoms with Gasteiger partial charge in [-0.2, -0.15) is 0 Å². The van der Waals surface area contributed by atoms with Crippen LogP contribution in [0.4, 0.5) is 4.39 Å². The number of carbonyl (C=O) groups excluding carboxylic acids is 2. The number of hydrogen-bond donors (Lipinski definition) is 2. The number of nitrogens with one attached hydrogen (secondary N) is 2. The van der Waals surface area contributed by atoms with Crippen LogP contribution in [0.15, 0.2) is 54.7 Å². The van der Waals surface area contributed by atoms with Crippen LogP contribution in [0, 0.1) is 5.82 Å². The molecule has 3 aromatic rings. The minimum Gasteiger partial charge on any atom is -0.481 e. The maximum absolute atomic E-state index is 13.4. The summed E-state index contributed by atoms with van der Waals surface area (Å²) in [5.74, 6) is -0.814. The van der Waals surface area contributed by atoms with E-state index in [1.54, 1.807) is 43.5 Å². The molecule has 2 unspecified atom stereocenters. The highest BCUT2D eigenvalue weighted by molar-refractivity contribution is 5.88. The molecule has 2 atom stereocenters. The van der Waals surface area contributed by atoms with Crippen molar-refractivity contribution in [3.8, 4) is 5.75 Å². The van der Waals surface area contributed by atoms with E-state index in [0.717, 1.165) is 10.9 Å². The summed E-state index contributed by atoms with van der Waals surface area (Å²) in [6.45, 7) is 1.60. The Labute approximate surface area is 161 Å². The standard InChI is InChI=1S/C21H21FN2O4/c1-13(28-16-6-4-3-5-7-16)20(25)24-19(21(26)27-2)10-14-12-23-18-11-15(22)8-9-17(14)18/h3-9,11-13,19,23H,10H2,1-2H3,(H,24,25). The molecule has 1 aromatic heterocycles. The summed E-state index contributed by atoms with van der Waals surface area (Å²) >= 11 is 0. The van der Waals surface area contributed by atoms with Gasteiger partial charge in [0.1, 0.15) is 17.6 Å². The van der Waals surface area contributed by atoms with Crippen LogP contribution in [0.5, 0.6) is 5.75 Å². The number of para-hydroxylation sites is 1. The molecule has 0 saturated carbocycles. The Balaban J connectivity index is 1.72. The molecule has 0 bridgehead atoms. The van der Waals surface area contributed by atoms with E-state index in [9.17, 15) is 14.0 Å². The summed E-state index contributed by atoms with van der Waals surface area (Å²) in [5, 5.41) is 3.45. The van der Waals surface area contributed by atoms with Gasteiger partial charge in [0.05, 0.1) is 7.11 Å². The summed E-state index contributed by atoms with van der Waals surface area (Å²) < 4.78 is 23.8. The Morgan fingerprint density at radius 3 is 2.64 bits per heavy atom. The molecule has 28 heavy (non-hydrogen) atoms. The van der Waals surface area contributed by atoms with Gasteiger partial charge in [0.25, 0.3) is 5.91 Å². The van der Waals surface area contributed by atoms with Crippen molar-refractivity contribution in [1.82, 2.24) is 10.3 Å². The van der Waals surface area contributed by atoms with Crippen LogP contribution in [0.25, 0.3) is 10.9 Å². The van der Waals surface area contributed by atoms with Gasteiger partial charge in [-0.1, -0.05) is 18.2 Å². The summed E-state index contributed by atoms with van der Waals surface area (Å²) in [7, 11) is 1.26. The van der Waals surface area contributed by atoms with Gasteiger partial charge >= 0.3 is 5.97 Å². The van der Waals surface area contributed by atoms with E-state index in [-0.39, 0.29) is 12.2 Å². The minimum atomic E-state index is -0.900. The van der Waals surface area contributed by atoms with Gasteiger partial charge in [0.2, 0.25) is 0 Å². The fourth-order valence-electron chi connectivity index (χ4n) is 2.93. The number of methoxy groups -OCH3 is 1. The lowest BCUT2D eigenvalue weighted by Gasteiger charge is -2.20. The smallest absolute Gasteiger partial charge is 0.328 e. The largest absolute Gasteiger partial charge is 0.481 e. The highest BCUT2D eigenvalue weighted by Crippen LogP contribution is 2.21. The zero-order chi connectivity index (χ0) is 20.1. The number of rotatable bonds is 7. The quantitative estimate of drug-likeness (QED) is 0.614. The van der Waals surface area contributed by atoms with Gasteiger partial charge in [0.15, 0.2) is 6.10 Å². The van der Waals surface area contributed by atoms with Crippen molar-refractivity contribution >= 4 is 22.8 Å². The van der Waals surface area contributed by atoms with Crippen LogP contribution >= 0.6 is 0 Å². The predicted octanol–water partition coefficient (Wildman–Crippen LogP) is 2.97. The lowest BCUT2D eigenvalue weighted by atomic mass is 10.0. The summed E-state index contributed by atoms with van der Waals surface area (Å²) in [6.07, 6.45) is 1.09. The molecule has 0 saturated heterocycles. The van der Waals surface area contributed by atoms with Crippen molar-refractivity contribution in [1.29, 1.82) is 0 Å². The van der Waals surface area contributed by atoms with Crippen molar-refractivity contribution in [3.63, 3.8) is 0 Å². The number of hydrogen-bond acceptors (Lipinski definition) is 4. The Morgan fingerprint density at radius 2 is 1.93 bits per heavy atom. The number of fused-ring (bicyclic) bond motifs is 1. The second kappa shape index (κ2) is 8.56. The average Bonchev–Trinajstić information content (AvgIpc) is 3.09. The SMILES string of the molecule is COC(=O)C(Cc1c[nH]c2cc(F)ccc12)NC(=O)C(C)Oc1ccccc1. The molecule has 2 N–H and O–H groups in total. The normalized spacial score (nSPS) is 13.0. The fraction of sp³-hybridized carbons (Fsp3) is 0.238. The number of aromatic nitrogens is 1. The number of esters is 1. The number of aromatic amines is 1. The van der Waals surface area contributed by atoms with Crippen LogP contribution in [-0.2, 0) is 20.7 Å². The number of H-pyrrole nitrogens is 1. The Morgan fingerprint density at radius 1 is 1.18 bits per heavy atom. The molecule has 2 aromatic carbocycles. The van der Waals surface area contributed by atoms with Crippen LogP contribution in [-0.4, -0.2) is 36.1 Å². The van der Waals surface area contributed by atoms with E-state index in [2.05, 4.69) is 10.3 Å². The number of ether oxygens (including phenoxy) is 2. The molecule has 7 heteroatoms. The third-order valence-electron chi connectivity index (χ3n) is 4.38. The van der Waals surface area contributed by atoms with E-state index in [4.69, 9.17) is 9.47 Å². The van der Waals surface area contributed by atoms with E-state index in [1.165, 1.54) is 19.2 Å². The Bertz CT molecular complexity index is 971. The third-order valence-corrected chi connectivity index (χ3v) is 4.38. The molecule has 0 fully saturated rings. The van der Waals surface area contributed by atoms with Crippen molar-refractivity contribution in [2.75, 3.05) is 7.11 Å². The van der Waals surface area contributed by atoms with Crippen LogP contribution in [0.3, 0.4) is 0 Å². The first kappa shape index (κ1) is 19.4. The molecular weight excluding hydrogens is 363 g/mol. The lowest BCUT2D eigenvalue weighted by Crippen LogP contribution is -2.47. The second-order valence-corrected chi connectivity index (χ2v) is 6.37. The van der Waals surface area contributed by atoms with Crippen molar-refractivity contribution < 1.29 is 23.5 Å². The highest BCUT2D eigenvalue weighted by atomic mass is 19.1. The van der Waals surface area contributed by atoms with Crippen molar-refractivity contribution in [2.45, 2.75) is 25.5 Å². The van der Waals surface area contributed by atoms with Crippen LogP contribution in [0.2, 0.25) is 0 Å². The van der Waals surface area contributed by atoms with E-state index in [1.807, 2.05) is 6.07 Å². The maximum atomic E-state index is 13.4. The lowest BCUT2D eigenvalue weighted by molar-refractivity contribution is -0.145. The summed E-state index contributed by atoms with van der Waals surface area (Å²) in [6, 6.07) is 12.4. The molecular formula is C21H21FN2O4. The van der Waals surface area contributed by atoms with Gasteiger partial charge in [-0.3, -0.25) is 4.79 Å². The molecule has 146 valence electrons. The summed E-state index contributed by atoms with van der Waals surface area (Å²) in [4.78, 5) is 27.7. The van der Waals surface area contributed by atoms with Gasteiger partial charge in [0, 0.05) is 23.5 Å². The van der Waals surface area contributed by atoms with Crippen molar-refractivity contribution in [3.05, 3.63) is 66.1 Å². The monoisotopic (exact) mass is 384 g/mol. The van der Waals surface area contributed by atoms with Crippen molar-refractivity contribution in [2.24, 2.45) is 0 Å². The molecule has 0 aliphatic heterocycles. The number of benzene rings is 2. The molecule has 1 amide bonds. The molecule has 0 aliphatic rings. The number of carbonyl (C=O) groups is 2. The number of amides is 1. The second-order valence-electron chi connectivity index (χ2n) is 6.37. The molecule has 0 radical (unpaired) electrons. The highest BCUT2D eigenvalue weighted by Gasteiger charge is 2.26. The zero-order valence-electron chi connectivity index (χ0n) is 15.6. The maximum Gasteiger partial charge on any atom is 0.328 e. The first-order chi connectivity index (χ1) is 13.5. The zero-order valence-corrected chi connectivity index (χ0v) is 15.6. The van der Waals surface area contributed by atoms with E-state index in [0.29, 0.717) is 11.3 Å². The van der Waals surface area contributed by atoms with Gasteiger partial charge in [-0.05, 0) is 42.8 Å². The van der Waals surface area contributed by atoms with E-state index < -0.39 is 24.0 Å². The topological polar surface area (TPSA) is 80.4 Å². The third kappa shape index (κ3) is 4.49. The Kier molecular flexibility index (Phi) is 5.93.